The number of aliphatic imine (C=N–C) groups is 1. The van der Waals surface area contributed by atoms with E-state index in [-0.39, 0.29) is 12.4 Å². The number of halogens is 2. The summed E-state index contributed by atoms with van der Waals surface area (Å²) in [5, 5.41) is 3.96. The van der Waals surface area contributed by atoms with E-state index in [0.29, 0.717) is 0 Å². The fourth-order valence-electron chi connectivity index (χ4n) is 3.52. The quantitative estimate of drug-likeness (QED) is 0.521. The van der Waals surface area contributed by atoms with Crippen molar-refractivity contribution in [2.75, 3.05) is 25.0 Å². The smallest absolute Gasteiger partial charge is 0.0874 e. The third-order valence-corrected chi connectivity index (χ3v) is 5.00. The van der Waals surface area contributed by atoms with Crippen LogP contribution < -0.4 is 10.2 Å². The molecular formula is C23H23Cl2N3. The number of fused-ring (bicyclic) bond motifs is 2. The molecule has 4 rings (SSSR count). The third kappa shape index (κ3) is 4.07. The van der Waals surface area contributed by atoms with Crippen molar-refractivity contribution in [1.29, 1.82) is 0 Å². The molecule has 144 valence electrons. The molecule has 0 fully saturated rings. The van der Waals surface area contributed by atoms with Crippen LogP contribution in [0.3, 0.4) is 0 Å². The Kier molecular flexibility index (Phi) is 6.74. The van der Waals surface area contributed by atoms with Gasteiger partial charge >= 0.3 is 0 Å². The highest BCUT2D eigenvalue weighted by atomic mass is 35.5. The first-order valence-corrected chi connectivity index (χ1v) is 9.61. The fourth-order valence-corrected chi connectivity index (χ4v) is 3.71. The van der Waals surface area contributed by atoms with Crippen LogP contribution in [0, 0.1) is 0 Å². The molecule has 0 amide bonds. The second-order valence-corrected chi connectivity index (χ2v) is 7.02. The Morgan fingerprint density at radius 3 is 2.46 bits per heavy atom. The number of para-hydroxylation sites is 3. The topological polar surface area (TPSA) is 27.6 Å². The average molecular weight is 412 g/mol. The lowest BCUT2D eigenvalue weighted by molar-refractivity contribution is 0.723. The van der Waals surface area contributed by atoms with E-state index in [0.717, 1.165) is 52.7 Å². The maximum absolute atomic E-state index is 6.27. The van der Waals surface area contributed by atoms with Gasteiger partial charge in [0.15, 0.2) is 0 Å². The second-order valence-electron chi connectivity index (χ2n) is 6.59. The summed E-state index contributed by atoms with van der Waals surface area (Å²) in [5.74, 6) is 0. The summed E-state index contributed by atoms with van der Waals surface area (Å²) in [7, 11) is 1.99. The zero-order valence-corrected chi connectivity index (χ0v) is 17.3. The Morgan fingerprint density at radius 1 is 0.929 bits per heavy atom. The summed E-state index contributed by atoms with van der Waals surface area (Å²) in [6, 6.07) is 24.8. The standard InChI is InChI=1S/C23H22ClN3.ClH/c1-25-14-7-15-27-21-12-4-2-10-19(21)23(17-8-6-9-18(24)16-17)26-20-11-3-5-13-22(20)27;/h2-6,8-13,16,25H,7,14-15H2,1H3;1H. The number of rotatable bonds is 5. The maximum Gasteiger partial charge on any atom is 0.0874 e. The summed E-state index contributed by atoms with van der Waals surface area (Å²) in [6.45, 7) is 1.90. The van der Waals surface area contributed by atoms with Crippen LogP contribution in [-0.2, 0) is 0 Å². The minimum atomic E-state index is 0. The van der Waals surface area contributed by atoms with Crippen LogP contribution in [0.2, 0.25) is 5.02 Å². The van der Waals surface area contributed by atoms with Gasteiger partial charge in [0.1, 0.15) is 0 Å². The minimum Gasteiger partial charge on any atom is -0.339 e. The lowest BCUT2D eigenvalue weighted by Crippen LogP contribution is -2.23. The number of benzene rings is 3. The van der Waals surface area contributed by atoms with Crippen molar-refractivity contribution in [1.82, 2.24) is 5.32 Å². The molecule has 0 atom stereocenters. The molecule has 1 N–H and O–H groups in total. The minimum absolute atomic E-state index is 0. The number of hydrogen-bond donors (Lipinski definition) is 1. The molecule has 0 bridgehead atoms. The van der Waals surface area contributed by atoms with E-state index in [1.165, 1.54) is 5.69 Å². The Labute approximate surface area is 177 Å². The predicted octanol–water partition coefficient (Wildman–Crippen LogP) is 5.99. The highest BCUT2D eigenvalue weighted by Gasteiger charge is 2.23. The summed E-state index contributed by atoms with van der Waals surface area (Å²) < 4.78 is 0. The molecule has 5 heteroatoms. The zero-order chi connectivity index (χ0) is 18.6. The molecule has 0 radical (unpaired) electrons. The maximum atomic E-state index is 6.27. The zero-order valence-electron chi connectivity index (χ0n) is 15.7. The Morgan fingerprint density at radius 2 is 1.68 bits per heavy atom. The number of anilines is 2. The van der Waals surface area contributed by atoms with E-state index in [9.17, 15) is 0 Å². The van der Waals surface area contributed by atoms with Crippen LogP contribution in [0.5, 0.6) is 0 Å². The number of nitrogens with one attached hydrogen (secondary N) is 1. The molecule has 0 aliphatic carbocycles. The second kappa shape index (κ2) is 9.24. The van der Waals surface area contributed by atoms with Crippen LogP contribution in [0.25, 0.3) is 0 Å². The van der Waals surface area contributed by atoms with Crippen LogP contribution in [-0.4, -0.2) is 25.8 Å². The number of nitrogens with zero attached hydrogens (tertiary/aromatic N) is 2. The molecule has 28 heavy (non-hydrogen) atoms. The van der Waals surface area contributed by atoms with E-state index >= 15 is 0 Å². The molecule has 3 aromatic rings. The molecule has 0 spiro atoms. The average Bonchev–Trinajstić information content (AvgIpc) is 2.83. The van der Waals surface area contributed by atoms with Crippen LogP contribution in [0.15, 0.2) is 77.8 Å². The van der Waals surface area contributed by atoms with Crippen molar-refractivity contribution in [3.8, 4) is 0 Å². The van der Waals surface area contributed by atoms with Gasteiger partial charge in [-0.1, -0.05) is 54.1 Å². The molecule has 0 aromatic heterocycles. The molecule has 3 aromatic carbocycles. The molecule has 0 unspecified atom stereocenters. The van der Waals surface area contributed by atoms with Gasteiger partial charge in [0.05, 0.1) is 22.8 Å². The van der Waals surface area contributed by atoms with Gasteiger partial charge < -0.3 is 10.2 Å². The van der Waals surface area contributed by atoms with Gasteiger partial charge in [0.25, 0.3) is 0 Å². The molecule has 1 aliphatic heterocycles. The lowest BCUT2D eigenvalue weighted by atomic mass is 10.00. The van der Waals surface area contributed by atoms with Crippen LogP contribution in [0.1, 0.15) is 17.5 Å². The normalized spacial score (nSPS) is 12.4. The Hall–Kier alpha value is -2.33. The van der Waals surface area contributed by atoms with E-state index in [4.69, 9.17) is 16.6 Å². The van der Waals surface area contributed by atoms with E-state index < -0.39 is 0 Å². The number of hydrogen-bond acceptors (Lipinski definition) is 3. The SMILES string of the molecule is CNCCCN1c2ccccc2N=C(c2cccc(Cl)c2)c2ccccc21.Cl. The van der Waals surface area contributed by atoms with E-state index in [1.54, 1.807) is 0 Å². The Balaban J connectivity index is 0.00000225. The first-order valence-electron chi connectivity index (χ1n) is 9.23. The van der Waals surface area contributed by atoms with Gasteiger partial charge in [0.2, 0.25) is 0 Å². The van der Waals surface area contributed by atoms with Crippen molar-refractivity contribution in [2.24, 2.45) is 4.99 Å². The molecule has 0 saturated heterocycles. The summed E-state index contributed by atoms with van der Waals surface area (Å²) in [6.07, 6.45) is 1.05. The van der Waals surface area contributed by atoms with Crippen molar-refractivity contribution < 1.29 is 0 Å². The first-order chi connectivity index (χ1) is 13.3. The van der Waals surface area contributed by atoms with Gasteiger partial charge in [0, 0.05) is 22.7 Å². The van der Waals surface area contributed by atoms with Gasteiger partial charge in [-0.25, -0.2) is 4.99 Å². The van der Waals surface area contributed by atoms with E-state index in [1.807, 2.05) is 31.3 Å². The highest BCUT2D eigenvalue weighted by Crippen LogP contribution is 2.40. The third-order valence-electron chi connectivity index (χ3n) is 4.76. The summed E-state index contributed by atoms with van der Waals surface area (Å²) in [4.78, 5) is 7.45. The van der Waals surface area contributed by atoms with Crippen molar-refractivity contribution in [3.63, 3.8) is 0 Å². The van der Waals surface area contributed by atoms with Crippen LogP contribution >= 0.6 is 24.0 Å². The van der Waals surface area contributed by atoms with Crippen molar-refractivity contribution >= 4 is 46.8 Å². The van der Waals surface area contributed by atoms with Crippen molar-refractivity contribution in [2.45, 2.75) is 6.42 Å². The van der Waals surface area contributed by atoms with Crippen molar-refractivity contribution in [3.05, 3.63) is 88.9 Å². The Bertz CT molecular complexity index is 985. The van der Waals surface area contributed by atoms with Gasteiger partial charge in [-0.15, -0.1) is 12.4 Å². The molecular weight excluding hydrogens is 389 g/mol. The summed E-state index contributed by atoms with van der Waals surface area (Å²) in [5.41, 5.74) is 6.41. The lowest BCUT2D eigenvalue weighted by Gasteiger charge is -2.26. The first kappa shape index (κ1) is 20.4. The monoisotopic (exact) mass is 411 g/mol. The predicted molar refractivity (Wildman–Crippen MR) is 122 cm³/mol. The van der Waals surface area contributed by atoms with E-state index in [2.05, 4.69) is 58.7 Å². The van der Waals surface area contributed by atoms with Gasteiger partial charge in [-0.2, -0.15) is 0 Å². The fraction of sp³-hybridized carbons (Fsp3) is 0.174. The molecule has 1 aliphatic rings. The largest absolute Gasteiger partial charge is 0.339 e. The summed E-state index contributed by atoms with van der Waals surface area (Å²) >= 11 is 6.27. The molecule has 3 nitrogen and oxygen atoms in total. The molecule has 1 heterocycles. The van der Waals surface area contributed by atoms with Gasteiger partial charge in [-0.05, 0) is 50.3 Å². The highest BCUT2D eigenvalue weighted by molar-refractivity contribution is 6.31. The van der Waals surface area contributed by atoms with Crippen LogP contribution in [0.4, 0.5) is 17.1 Å². The molecule has 0 saturated carbocycles. The van der Waals surface area contributed by atoms with Gasteiger partial charge in [-0.3, -0.25) is 0 Å².